The molecule has 9 heteroatoms. The van der Waals surface area contributed by atoms with Gasteiger partial charge in [0, 0.05) is 35.1 Å². The van der Waals surface area contributed by atoms with Gasteiger partial charge in [0.2, 0.25) is 5.91 Å². The fraction of sp³-hybridized carbons (Fsp3) is 0.172. The van der Waals surface area contributed by atoms with E-state index in [4.69, 9.17) is 11.6 Å². The van der Waals surface area contributed by atoms with Crippen molar-refractivity contribution in [3.63, 3.8) is 0 Å². The van der Waals surface area contributed by atoms with Gasteiger partial charge in [-0.3, -0.25) is 9.69 Å². The van der Waals surface area contributed by atoms with E-state index in [0.717, 1.165) is 42.1 Å². The number of fused-ring (bicyclic) bond motifs is 1. The molecule has 1 aliphatic heterocycles. The van der Waals surface area contributed by atoms with Crippen molar-refractivity contribution in [2.45, 2.75) is 24.5 Å². The lowest BCUT2D eigenvalue weighted by Crippen LogP contribution is -2.29. The zero-order valence-corrected chi connectivity index (χ0v) is 22.7. The van der Waals surface area contributed by atoms with Crippen LogP contribution in [0.25, 0.3) is 11.3 Å². The van der Waals surface area contributed by atoms with Crippen molar-refractivity contribution in [3.8, 4) is 23.4 Å². The van der Waals surface area contributed by atoms with Crippen LogP contribution in [0.15, 0.2) is 71.8 Å². The van der Waals surface area contributed by atoms with Gasteiger partial charge >= 0.3 is 0 Å². The zero-order chi connectivity index (χ0) is 26.5. The summed E-state index contributed by atoms with van der Waals surface area (Å²) in [7, 11) is 0. The number of thiophene rings is 1. The Morgan fingerprint density at radius 2 is 1.87 bits per heavy atom. The molecular weight excluding hydrogens is 534 g/mol. The van der Waals surface area contributed by atoms with Crippen molar-refractivity contribution in [1.82, 2.24) is 9.88 Å². The minimum Gasteiger partial charge on any atom is -0.316 e. The number of thioether (sulfide) groups is 1. The second kappa shape index (κ2) is 11.8. The molecule has 3 heterocycles. The number of aromatic nitrogens is 1. The summed E-state index contributed by atoms with van der Waals surface area (Å²) in [6.07, 6.45) is 0.777. The van der Waals surface area contributed by atoms with Gasteiger partial charge in [0.15, 0.2) is 0 Å². The highest BCUT2D eigenvalue weighted by molar-refractivity contribution is 8.00. The minimum absolute atomic E-state index is 0.0688. The zero-order valence-electron chi connectivity index (χ0n) is 20.3. The highest BCUT2D eigenvalue weighted by atomic mass is 35.5. The quantitative estimate of drug-likeness (QED) is 0.262. The van der Waals surface area contributed by atoms with Crippen LogP contribution in [0.2, 0.25) is 5.02 Å². The first-order valence-electron chi connectivity index (χ1n) is 11.9. The number of carbonyl (C=O) groups is 1. The molecule has 2 aromatic carbocycles. The van der Waals surface area contributed by atoms with Crippen LogP contribution in [0.1, 0.15) is 27.1 Å². The summed E-state index contributed by atoms with van der Waals surface area (Å²) in [6, 6.07) is 25.6. The fourth-order valence-electron chi connectivity index (χ4n) is 4.35. The molecule has 4 aromatic rings. The van der Waals surface area contributed by atoms with Gasteiger partial charge in [0.25, 0.3) is 0 Å². The predicted octanol–water partition coefficient (Wildman–Crippen LogP) is 6.50. The summed E-state index contributed by atoms with van der Waals surface area (Å²) in [5.74, 6) is -0.173. The highest BCUT2D eigenvalue weighted by Crippen LogP contribution is 2.37. The monoisotopic (exact) mass is 555 g/mol. The van der Waals surface area contributed by atoms with Gasteiger partial charge in [-0.15, -0.1) is 11.3 Å². The van der Waals surface area contributed by atoms with Crippen LogP contribution in [-0.2, 0) is 24.3 Å². The number of hydrogen-bond donors (Lipinski definition) is 1. The van der Waals surface area contributed by atoms with Gasteiger partial charge in [0.05, 0.1) is 22.6 Å². The maximum absolute atomic E-state index is 12.9. The third kappa shape index (κ3) is 5.91. The molecular formula is C29H22ClN5OS2. The predicted molar refractivity (Wildman–Crippen MR) is 152 cm³/mol. The molecule has 5 rings (SSSR count). The van der Waals surface area contributed by atoms with Gasteiger partial charge in [-0.2, -0.15) is 10.5 Å². The molecule has 0 spiro atoms. The summed E-state index contributed by atoms with van der Waals surface area (Å²) in [4.78, 5) is 21.0. The average Bonchev–Trinajstić information content (AvgIpc) is 3.28. The number of nitriles is 2. The van der Waals surface area contributed by atoms with Crippen LogP contribution in [0.4, 0.5) is 5.00 Å². The van der Waals surface area contributed by atoms with Crippen LogP contribution >= 0.6 is 34.7 Å². The van der Waals surface area contributed by atoms with Crippen molar-refractivity contribution in [1.29, 1.82) is 10.5 Å². The smallest absolute Gasteiger partial charge is 0.235 e. The molecule has 1 aliphatic rings. The Bertz CT molecular complexity index is 1560. The van der Waals surface area contributed by atoms with Crippen LogP contribution in [0.5, 0.6) is 0 Å². The number of anilines is 1. The van der Waals surface area contributed by atoms with Crippen LogP contribution in [0, 0.1) is 22.7 Å². The number of rotatable bonds is 7. The molecule has 38 heavy (non-hydrogen) atoms. The van der Waals surface area contributed by atoms with E-state index in [-0.39, 0.29) is 11.7 Å². The topological polar surface area (TPSA) is 92.8 Å². The second-order valence-electron chi connectivity index (χ2n) is 8.77. The molecule has 0 saturated carbocycles. The standard InChI is InChI=1S/C29H22ClN5OS2/c30-22-9-6-20(7-10-22)25-11-8-21(14-31)28(33-25)37-18-27(36)34-29-24(15-32)23-12-13-35(17-26(23)38-29)16-19-4-2-1-3-5-19/h1-11H,12-13,16-18H2,(H,34,36). The Kier molecular flexibility index (Phi) is 8.07. The van der Waals surface area contributed by atoms with Crippen molar-refractivity contribution in [2.24, 2.45) is 0 Å². The Balaban J connectivity index is 1.26. The van der Waals surface area contributed by atoms with Crippen molar-refractivity contribution >= 4 is 45.6 Å². The molecule has 0 aliphatic carbocycles. The van der Waals surface area contributed by atoms with Crippen LogP contribution < -0.4 is 5.32 Å². The van der Waals surface area contributed by atoms with E-state index in [1.807, 2.05) is 30.3 Å². The van der Waals surface area contributed by atoms with E-state index < -0.39 is 0 Å². The van der Waals surface area contributed by atoms with Gasteiger partial charge in [-0.05, 0) is 41.8 Å². The summed E-state index contributed by atoms with van der Waals surface area (Å²) >= 11 is 8.67. The summed E-state index contributed by atoms with van der Waals surface area (Å²) in [5, 5.41) is 24.0. The van der Waals surface area contributed by atoms with Crippen molar-refractivity contribution in [2.75, 3.05) is 17.6 Å². The molecule has 1 N–H and O–H groups in total. The maximum atomic E-state index is 12.9. The third-order valence-electron chi connectivity index (χ3n) is 6.21. The first-order chi connectivity index (χ1) is 18.5. The van der Waals surface area contributed by atoms with E-state index in [0.29, 0.717) is 31.9 Å². The molecule has 1 amide bonds. The number of amides is 1. The molecule has 0 bridgehead atoms. The Hall–Kier alpha value is -3.66. The SMILES string of the molecule is N#Cc1ccc(-c2ccc(Cl)cc2)nc1SCC(=O)Nc1sc2c(c1C#N)CCN(Cc1ccccc1)C2. The van der Waals surface area contributed by atoms with Gasteiger partial charge in [-0.25, -0.2) is 4.98 Å². The summed E-state index contributed by atoms with van der Waals surface area (Å²) in [5.41, 5.74) is 4.82. The molecule has 0 atom stereocenters. The summed E-state index contributed by atoms with van der Waals surface area (Å²) in [6.45, 7) is 2.46. The lowest BCUT2D eigenvalue weighted by Gasteiger charge is -2.26. The van der Waals surface area contributed by atoms with Crippen molar-refractivity contribution < 1.29 is 4.79 Å². The normalized spacial score (nSPS) is 12.8. The Morgan fingerprint density at radius 1 is 1.08 bits per heavy atom. The number of nitrogens with one attached hydrogen (secondary N) is 1. The van der Waals surface area contributed by atoms with Gasteiger partial charge < -0.3 is 5.32 Å². The average molecular weight is 556 g/mol. The van der Waals surface area contributed by atoms with E-state index in [9.17, 15) is 15.3 Å². The summed E-state index contributed by atoms with van der Waals surface area (Å²) < 4.78 is 0. The molecule has 2 aromatic heterocycles. The Morgan fingerprint density at radius 3 is 2.61 bits per heavy atom. The lowest BCUT2D eigenvalue weighted by atomic mass is 10.0. The number of benzene rings is 2. The number of hydrogen-bond acceptors (Lipinski definition) is 7. The van der Waals surface area contributed by atoms with Crippen molar-refractivity contribution in [3.05, 3.63) is 98.9 Å². The van der Waals surface area contributed by atoms with E-state index >= 15 is 0 Å². The molecule has 0 radical (unpaired) electrons. The number of carbonyl (C=O) groups excluding carboxylic acids is 1. The number of pyridine rings is 1. The minimum atomic E-state index is -0.242. The van der Waals surface area contributed by atoms with Crippen LogP contribution in [-0.4, -0.2) is 28.1 Å². The van der Waals surface area contributed by atoms with E-state index in [1.54, 1.807) is 24.3 Å². The molecule has 188 valence electrons. The fourth-order valence-corrected chi connectivity index (χ4v) is 6.51. The first-order valence-corrected chi connectivity index (χ1v) is 14.1. The molecule has 0 saturated heterocycles. The van der Waals surface area contributed by atoms with Gasteiger partial charge in [-0.1, -0.05) is 65.8 Å². The lowest BCUT2D eigenvalue weighted by molar-refractivity contribution is -0.113. The second-order valence-corrected chi connectivity index (χ2v) is 11.3. The molecule has 0 unspecified atom stereocenters. The number of halogens is 1. The van der Waals surface area contributed by atoms with E-state index in [1.165, 1.54) is 28.7 Å². The highest BCUT2D eigenvalue weighted by Gasteiger charge is 2.25. The van der Waals surface area contributed by atoms with E-state index in [2.05, 4.69) is 39.5 Å². The largest absolute Gasteiger partial charge is 0.316 e. The third-order valence-corrected chi connectivity index (χ3v) is 8.59. The molecule has 0 fully saturated rings. The first kappa shape index (κ1) is 26.0. The number of nitrogens with zero attached hydrogens (tertiary/aromatic N) is 4. The Labute approximate surface area is 234 Å². The van der Waals surface area contributed by atoms with Crippen LogP contribution in [0.3, 0.4) is 0 Å². The van der Waals surface area contributed by atoms with Gasteiger partial charge in [0.1, 0.15) is 22.2 Å². The molecule has 6 nitrogen and oxygen atoms in total. The maximum Gasteiger partial charge on any atom is 0.235 e.